The Morgan fingerprint density at radius 2 is 1.08 bits per heavy atom. The zero-order valence-electron chi connectivity index (χ0n) is 42.5. The van der Waals surface area contributed by atoms with Gasteiger partial charge in [0.05, 0.1) is 39.9 Å². The third-order valence-corrected chi connectivity index (χ3v) is 9.85. The fourth-order valence-corrected chi connectivity index (χ4v) is 6.39. The van der Waals surface area contributed by atoms with E-state index in [1.54, 1.807) is 0 Å². The molecule has 0 fully saturated rings. The number of ether oxygens (including phenoxy) is 2. The molecule has 0 aliphatic heterocycles. The Labute approximate surface area is 338 Å². The third kappa shape index (κ3) is 40.0. The number of likely N-dealkylation sites (N-methyl/N-ethyl adjacent to an activating group) is 1. The summed E-state index contributed by atoms with van der Waals surface area (Å²) in [4.78, 5) is 38.0. The van der Waals surface area contributed by atoms with E-state index >= 15 is 0 Å². The second kappa shape index (κ2) is 36.1. The highest BCUT2D eigenvalue weighted by Crippen LogP contribution is 2.38. The maximum Gasteiger partial charge on any atom is 0.306 e. The first-order valence-electron chi connectivity index (χ1n) is 25.4. The Kier molecular flexibility index (Phi) is 25.3. The van der Waals surface area contributed by atoms with Crippen molar-refractivity contribution in [3.8, 4) is 0 Å². The molecule has 0 aromatic rings. The summed E-state index contributed by atoms with van der Waals surface area (Å²) < 4.78 is 99.8. The van der Waals surface area contributed by atoms with Crippen molar-refractivity contribution in [2.75, 3.05) is 47.3 Å². The zero-order valence-corrected chi connectivity index (χ0v) is 34.4. The van der Waals surface area contributed by atoms with Crippen LogP contribution in [-0.4, -0.2) is 69.8 Å². The van der Waals surface area contributed by atoms with Crippen molar-refractivity contribution in [1.82, 2.24) is 0 Å². The van der Waals surface area contributed by atoms with Gasteiger partial charge in [-0.25, -0.2) is 0 Å². The van der Waals surface area contributed by atoms with E-state index in [9.17, 15) is 19.0 Å². The van der Waals surface area contributed by atoms with Crippen molar-refractivity contribution in [2.24, 2.45) is 0 Å². The van der Waals surface area contributed by atoms with Crippen LogP contribution in [0.1, 0.15) is 200 Å². The predicted octanol–water partition coefficient (Wildman–Crippen LogP) is 11.3. The molecule has 0 aromatic carbocycles. The largest absolute Gasteiger partial charge is 0.756 e. The first kappa shape index (κ1) is 37.1. The number of phosphoric ester groups is 1. The van der Waals surface area contributed by atoms with Crippen LogP contribution in [0.4, 0.5) is 0 Å². The lowest BCUT2D eigenvalue weighted by Gasteiger charge is -2.28. The van der Waals surface area contributed by atoms with Crippen molar-refractivity contribution in [3.05, 3.63) is 24.3 Å². The van der Waals surface area contributed by atoms with Crippen molar-refractivity contribution in [1.29, 1.82) is 0 Å². The van der Waals surface area contributed by atoms with Crippen molar-refractivity contribution in [2.45, 2.75) is 193 Å². The Bertz CT molecular complexity index is 1230. The topological polar surface area (TPSA) is 111 Å². The van der Waals surface area contributed by atoms with Crippen LogP contribution in [0.15, 0.2) is 24.3 Å². The molecule has 0 spiro atoms. The summed E-state index contributed by atoms with van der Waals surface area (Å²) in [5.41, 5.74) is 0. The van der Waals surface area contributed by atoms with E-state index in [1.165, 1.54) is 77.0 Å². The van der Waals surface area contributed by atoms with Crippen molar-refractivity contribution >= 4 is 19.8 Å². The monoisotopic (exact) mass is 781 g/mol. The van der Waals surface area contributed by atoms with E-state index in [-0.39, 0.29) is 12.8 Å². The smallest absolute Gasteiger partial charge is 0.306 e. The number of unbranched alkanes of at least 4 members (excludes halogenated alkanes) is 21. The highest BCUT2D eigenvalue weighted by atomic mass is 31.2. The van der Waals surface area contributed by atoms with Crippen LogP contribution in [0.2, 0.25) is 0 Å². The Morgan fingerprint density at radius 1 is 0.623 bits per heavy atom. The van der Waals surface area contributed by atoms with Gasteiger partial charge >= 0.3 is 11.9 Å². The molecule has 0 radical (unpaired) electrons. The van der Waals surface area contributed by atoms with Crippen LogP contribution >= 0.6 is 7.82 Å². The summed E-state index contributed by atoms with van der Waals surface area (Å²) >= 11 is 0. The third-order valence-electron chi connectivity index (χ3n) is 8.89. The minimum Gasteiger partial charge on any atom is -0.756 e. The molecular formula is C43H82NO8P. The minimum atomic E-state index is -5.33. The van der Waals surface area contributed by atoms with Crippen LogP contribution in [0.5, 0.6) is 0 Å². The van der Waals surface area contributed by atoms with Gasteiger partial charge in [0.1, 0.15) is 19.8 Å². The highest BCUT2D eigenvalue weighted by Gasteiger charge is 2.21. The number of esters is 2. The molecule has 2 unspecified atom stereocenters. The molecule has 2 atom stereocenters. The molecule has 312 valence electrons. The summed E-state index contributed by atoms with van der Waals surface area (Å²) in [5.74, 6) is -1.20. The molecule has 0 amide bonds. The summed E-state index contributed by atoms with van der Waals surface area (Å²) in [6, 6.07) is 0. The molecule has 0 bridgehead atoms. The van der Waals surface area contributed by atoms with Gasteiger partial charge < -0.3 is 27.9 Å². The maximum absolute atomic E-state index is 12.8. The first-order valence-corrected chi connectivity index (χ1v) is 22.3. The van der Waals surface area contributed by atoms with Crippen LogP contribution in [0.3, 0.4) is 0 Å². The van der Waals surface area contributed by atoms with Crippen LogP contribution in [-0.2, 0) is 32.7 Å². The van der Waals surface area contributed by atoms with Crippen LogP contribution in [0, 0.1) is 0 Å². The summed E-state index contributed by atoms with van der Waals surface area (Å²) in [6.07, 6.45) is 35.0. The number of hydrogen-bond donors (Lipinski definition) is 0. The molecule has 0 rings (SSSR count). The number of hydrogen-bond acceptors (Lipinski definition) is 8. The average Bonchev–Trinajstić information content (AvgIpc) is 3.17. The average molecular weight is 781 g/mol. The van der Waals surface area contributed by atoms with E-state index in [1.807, 2.05) is 0 Å². The van der Waals surface area contributed by atoms with Gasteiger partial charge in [-0.3, -0.25) is 14.2 Å². The van der Waals surface area contributed by atoms with E-state index in [2.05, 4.69) is 38.2 Å². The number of phosphoric acid groups is 1. The second-order valence-corrected chi connectivity index (χ2v) is 15.6. The van der Waals surface area contributed by atoms with Gasteiger partial charge in [0.15, 0.2) is 6.10 Å². The van der Waals surface area contributed by atoms with Crippen molar-refractivity contribution in [3.63, 3.8) is 0 Å². The lowest BCUT2D eigenvalue weighted by molar-refractivity contribution is -0.870. The van der Waals surface area contributed by atoms with E-state index in [0.717, 1.165) is 70.6 Å². The summed E-state index contributed by atoms with van der Waals surface area (Å²) in [6.45, 7) is -10.1. The number of allylic oxidation sites excluding steroid dienone is 4. The quantitative estimate of drug-likeness (QED) is 0.0199. The highest BCUT2D eigenvalue weighted by molar-refractivity contribution is 7.45. The molecule has 0 aliphatic rings. The van der Waals surface area contributed by atoms with Crippen molar-refractivity contribution < 1.29 is 54.4 Å². The Hall–Kier alpha value is -1.51. The molecule has 53 heavy (non-hydrogen) atoms. The number of nitrogens with zero attached hydrogens (tertiary/aromatic N) is 1. The normalized spacial score (nSPS) is 17.1. The van der Waals surface area contributed by atoms with Crippen LogP contribution in [0.25, 0.3) is 0 Å². The standard InChI is InChI=1S/C43H82NO8P/c1-6-8-10-12-14-16-18-20-22-24-26-28-30-32-34-36-43(46)52-41(40-51-53(47,48)50-38-37-44(3,4)5)39-49-42(45)35-33-31-29-27-25-23-21-19-17-15-13-11-9-7-2/h14,16,20,22,41H,6-13,15,17-19,21,23-40H2,1-5H3/b16-14-,22-20-/i3D3,4D3,5D3. The lowest BCUT2D eigenvalue weighted by atomic mass is 10.0. The molecule has 0 aliphatic carbocycles. The van der Waals surface area contributed by atoms with E-state index in [0.29, 0.717) is 12.8 Å². The summed E-state index contributed by atoms with van der Waals surface area (Å²) in [5, 5.41) is 0. The number of rotatable bonds is 39. The van der Waals surface area contributed by atoms with E-state index in [4.69, 9.17) is 30.9 Å². The fourth-order valence-electron chi connectivity index (χ4n) is 5.66. The minimum absolute atomic E-state index is 0.0406. The van der Waals surface area contributed by atoms with E-state index < -0.39 is 77.6 Å². The lowest BCUT2D eigenvalue weighted by Crippen LogP contribution is -2.37. The van der Waals surface area contributed by atoms with Gasteiger partial charge in [0.25, 0.3) is 7.82 Å². The molecule has 0 saturated carbocycles. The number of quaternary nitrogens is 1. The molecule has 0 N–H and O–H groups in total. The van der Waals surface area contributed by atoms with Gasteiger partial charge in [-0.1, -0.05) is 154 Å². The first-order chi connectivity index (χ1) is 29.2. The van der Waals surface area contributed by atoms with Crippen LogP contribution < -0.4 is 4.89 Å². The number of carbonyl (C=O) groups excluding carboxylic acids is 2. The predicted molar refractivity (Wildman–Crippen MR) is 218 cm³/mol. The summed E-state index contributed by atoms with van der Waals surface area (Å²) in [7, 11) is -5.33. The molecule has 0 heterocycles. The zero-order chi connectivity index (χ0) is 46.8. The fraction of sp³-hybridized carbons (Fsp3) is 0.860. The van der Waals surface area contributed by atoms with Gasteiger partial charge in [0, 0.05) is 12.8 Å². The molecule has 0 aromatic heterocycles. The van der Waals surface area contributed by atoms with Gasteiger partial charge in [0.2, 0.25) is 0 Å². The number of carbonyl (C=O) groups is 2. The molecule has 0 saturated heterocycles. The van der Waals surface area contributed by atoms with Gasteiger partial charge in [-0.15, -0.1) is 0 Å². The molecule has 9 nitrogen and oxygen atoms in total. The van der Waals surface area contributed by atoms with Gasteiger partial charge in [-0.05, 0) is 44.9 Å². The second-order valence-electron chi connectivity index (χ2n) is 14.2. The maximum atomic E-state index is 12.8. The Morgan fingerprint density at radius 3 is 1.60 bits per heavy atom. The SMILES string of the molecule is [2H]C([2H])([2H])[N+](CCOP(=O)([O-])OCC(COC(=O)CCCCCCCCCCCCCCCC)OC(=O)CCCCCCC/C=C\C/C=C\CCCCC)(C([2H])([2H])[2H])C([2H])([2H])[2H]. The Balaban J connectivity index is 4.99. The molecular weight excluding hydrogens is 689 g/mol. The molecule has 10 heteroatoms. The van der Waals surface area contributed by atoms with Gasteiger partial charge in [-0.2, -0.15) is 0 Å².